The highest BCUT2D eigenvalue weighted by molar-refractivity contribution is 9.10. The van der Waals surface area contributed by atoms with Crippen molar-refractivity contribution >= 4 is 27.5 Å². The van der Waals surface area contributed by atoms with Gasteiger partial charge in [-0.15, -0.1) is 0 Å². The van der Waals surface area contributed by atoms with E-state index in [0.29, 0.717) is 5.92 Å². The fourth-order valence-corrected chi connectivity index (χ4v) is 2.58. The van der Waals surface area contributed by atoms with Crippen LogP contribution < -0.4 is 10.2 Å². The first-order valence-corrected chi connectivity index (χ1v) is 9.11. The SMILES string of the molecule is CCC(C)c1ccccc1OCC(=O)N/N=C(\C)c1ccc(Br)cc1. The first-order valence-electron chi connectivity index (χ1n) is 8.32. The Morgan fingerprint density at radius 3 is 2.56 bits per heavy atom. The minimum absolute atomic E-state index is 0.0649. The molecule has 1 N–H and O–H groups in total. The van der Waals surface area contributed by atoms with Gasteiger partial charge in [0.15, 0.2) is 6.61 Å². The van der Waals surface area contributed by atoms with Crippen molar-refractivity contribution in [1.82, 2.24) is 5.43 Å². The summed E-state index contributed by atoms with van der Waals surface area (Å²) >= 11 is 3.39. The van der Waals surface area contributed by atoms with E-state index < -0.39 is 0 Å². The summed E-state index contributed by atoms with van der Waals surface area (Å²) in [6.07, 6.45) is 1.02. The highest BCUT2D eigenvalue weighted by Crippen LogP contribution is 2.28. The molecule has 2 aromatic rings. The Kier molecular flexibility index (Phi) is 7.19. The molecule has 0 aliphatic heterocycles. The maximum atomic E-state index is 12.0. The lowest BCUT2D eigenvalue weighted by atomic mass is 9.98. The zero-order valence-electron chi connectivity index (χ0n) is 14.8. The van der Waals surface area contributed by atoms with Crippen molar-refractivity contribution < 1.29 is 9.53 Å². The second-order valence-electron chi connectivity index (χ2n) is 5.87. The zero-order valence-corrected chi connectivity index (χ0v) is 16.3. The van der Waals surface area contributed by atoms with Crippen LogP contribution in [0.3, 0.4) is 0 Å². The van der Waals surface area contributed by atoms with Crippen LogP contribution in [-0.4, -0.2) is 18.2 Å². The zero-order chi connectivity index (χ0) is 18.2. The van der Waals surface area contributed by atoms with Crippen molar-refractivity contribution in [2.24, 2.45) is 5.10 Å². The molecule has 0 spiro atoms. The lowest BCUT2D eigenvalue weighted by Crippen LogP contribution is -2.25. The molecule has 0 fully saturated rings. The number of rotatable bonds is 7. The molecule has 132 valence electrons. The predicted octanol–water partition coefficient (Wildman–Crippen LogP) is 4.88. The number of ether oxygens (including phenoxy) is 1. The van der Waals surface area contributed by atoms with E-state index in [4.69, 9.17) is 4.74 Å². The monoisotopic (exact) mass is 402 g/mol. The summed E-state index contributed by atoms with van der Waals surface area (Å²) in [5, 5.41) is 4.13. The first-order chi connectivity index (χ1) is 12.0. The molecule has 1 atom stereocenters. The number of hydrogen-bond acceptors (Lipinski definition) is 3. The highest BCUT2D eigenvalue weighted by Gasteiger charge is 2.11. The maximum absolute atomic E-state index is 12.0. The lowest BCUT2D eigenvalue weighted by Gasteiger charge is -2.15. The van der Waals surface area contributed by atoms with E-state index in [9.17, 15) is 4.79 Å². The molecule has 25 heavy (non-hydrogen) atoms. The summed E-state index contributed by atoms with van der Waals surface area (Å²) in [7, 11) is 0. The van der Waals surface area contributed by atoms with Gasteiger partial charge in [-0.1, -0.05) is 60.1 Å². The van der Waals surface area contributed by atoms with Crippen LogP contribution in [-0.2, 0) is 4.79 Å². The van der Waals surface area contributed by atoms with Crippen LogP contribution in [0.15, 0.2) is 58.1 Å². The van der Waals surface area contributed by atoms with Crippen LogP contribution in [0.2, 0.25) is 0 Å². The summed E-state index contributed by atoms with van der Waals surface area (Å²) < 4.78 is 6.69. The number of benzene rings is 2. The standard InChI is InChI=1S/C20H23BrN2O2/c1-4-14(2)18-7-5-6-8-19(18)25-13-20(24)23-22-15(3)16-9-11-17(21)12-10-16/h5-12,14H,4,13H2,1-3H3,(H,23,24)/b22-15+. The number of nitrogens with zero attached hydrogens (tertiary/aromatic N) is 1. The maximum Gasteiger partial charge on any atom is 0.277 e. The molecular formula is C20H23BrN2O2. The second kappa shape index (κ2) is 9.37. The first kappa shape index (κ1) is 19.2. The van der Waals surface area contributed by atoms with Gasteiger partial charge < -0.3 is 4.74 Å². The van der Waals surface area contributed by atoms with Gasteiger partial charge in [-0.3, -0.25) is 4.79 Å². The van der Waals surface area contributed by atoms with E-state index in [2.05, 4.69) is 40.3 Å². The van der Waals surface area contributed by atoms with Crippen LogP contribution in [0.25, 0.3) is 0 Å². The summed E-state index contributed by atoms with van der Waals surface area (Å²) in [6.45, 7) is 6.06. The Labute approximate surface area is 157 Å². The minimum Gasteiger partial charge on any atom is -0.483 e. The smallest absolute Gasteiger partial charge is 0.277 e. The minimum atomic E-state index is -0.282. The molecule has 0 saturated carbocycles. The summed E-state index contributed by atoms with van der Waals surface area (Å²) in [6, 6.07) is 15.6. The molecule has 0 aliphatic rings. The number of halogens is 1. The Morgan fingerprint density at radius 1 is 1.20 bits per heavy atom. The van der Waals surface area contributed by atoms with Gasteiger partial charge in [0.1, 0.15) is 5.75 Å². The van der Waals surface area contributed by atoms with Gasteiger partial charge >= 0.3 is 0 Å². The van der Waals surface area contributed by atoms with E-state index >= 15 is 0 Å². The number of amides is 1. The molecule has 2 rings (SSSR count). The van der Waals surface area contributed by atoms with Crippen LogP contribution in [0.5, 0.6) is 5.75 Å². The Morgan fingerprint density at radius 2 is 1.88 bits per heavy atom. The van der Waals surface area contributed by atoms with Crippen molar-refractivity contribution in [3.05, 3.63) is 64.1 Å². The molecule has 5 heteroatoms. The molecule has 0 aliphatic carbocycles. The van der Waals surface area contributed by atoms with Gasteiger partial charge in [-0.25, -0.2) is 5.43 Å². The quantitative estimate of drug-likeness (QED) is 0.529. The third-order valence-electron chi connectivity index (χ3n) is 4.03. The number of para-hydroxylation sites is 1. The fraction of sp³-hybridized carbons (Fsp3) is 0.300. The largest absolute Gasteiger partial charge is 0.483 e. The Balaban J connectivity index is 1.93. The van der Waals surface area contributed by atoms with E-state index in [0.717, 1.165) is 33.5 Å². The number of nitrogens with one attached hydrogen (secondary N) is 1. The highest BCUT2D eigenvalue weighted by atomic mass is 79.9. The molecule has 0 saturated heterocycles. The molecule has 0 heterocycles. The van der Waals surface area contributed by atoms with Gasteiger partial charge in [0.05, 0.1) is 5.71 Å². The van der Waals surface area contributed by atoms with Gasteiger partial charge in [0, 0.05) is 4.47 Å². The second-order valence-corrected chi connectivity index (χ2v) is 6.79. The van der Waals surface area contributed by atoms with Crippen molar-refractivity contribution in [2.45, 2.75) is 33.1 Å². The van der Waals surface area contributed by atoms with Crippen molar-refractivity contribution in [1.29, 1.82) is 0 Å². The summed E-state index contributed by atoms with van der Waals surface area (Å²) in [5.74, 6) is 0.855. The third kappa shape index (κ3) is 5.71. The molecule has 1 unspecified atom stereocenters. The van der Waals surface area contributed by atoms with Gasteiger partial charge in [0.2, 0.25) is 0 Å². The van der Waals surface area contributed by atoms with E-state index in [1.807, 2.05) is 55.5 Å². The number of hydrogen-bond donors (Lipinski definition) is 1. The summed E-state index contributed by atoms with van der Waals surface area (Å²) in [5.41, 5.74) is 5.35. The van der Waals surface area contributed by atoms with Crippen molar-refractivity contribution in [3.63, 3.8) is 0 Å². The summed E-state index contributed by atoms with van der Waals surface area (Å²) in [4.78, 5) is 12.0. The van der Waals surface area contributed by atoms with E-state index in [1.165, 1.54) is 0 Å². The number of hydrazone groups is 1. The molecule has 4 nitrogen and oxygen atoms in total. The Bertz CT molecular complexity index is 742. The number of carbonyl (C=O) groups is 1. The topological polar surface area (TPSA) is 50.7 Å². The molecular weight excluding hydrogens is 380 g/mol. The predicted molar refractivity (Wildman–Crippen MR) is 105 cm³/mol. The van der Waals surface area contributed by atoms with Crippen LogP contribution >= 0.6 is 15.9 Å². The van der Waals surface area contributed by atoms with Gasteiger partial charge in [-0.2, -0.15) is 5.10 Å². The van der Waals surface area contributed by atoms with Crippen LogP contribution in [0, 0.1) is 0 Å². The molecule has 0 aromatic heterocycles. The average molecular weight is 403 g/mol. The molecule has 2 aromatic carbocycles. The van der Waals surface area contributed by atoms with Crippen molar-refractivity contribution in [3.8, 4) is 5.75 Å². The fourth-order valence-electron chi connectivity index (χ4n) is 2.32. The van der Waals surface area contributed by atoms with Crippen LogP contribution in [0.4, 0.5) is 0 Å². The van der Waals surface area contributed by atoms with E-state index in [1.54, 1.807) is 0 Å². The average Bonchev–Trinajstić information content (AvgIpc) is 2.64. The normalized spacial score (nSPS) is 12.6. The molecule has 0 bridgehead atoms. The third-order valence-corrected chi connectivity index (χ3v) is 4.56. The molecule has 0 radical (unpaired) electrons. The van der Waals surface area contributed by atoms with E-state index in [-0.39, 0.29) is 12.5 Å². The van der Waals surface area contributed by atoms with Crippen molar-refractivity contribution in [2.75, 3.05) is 6.61 Å². The van der Waals surface area contributed by atoms with Gasteiger partial charge in [-0.05, 0) is 48.6 Å². The van der Waals surface area contributed by atoms with Gasteiger partial charge in [0.25, 0.3) is 5.91 Å². The molecule has 1 amide bonds. The lowest BCUT2D eigenvalue weighted by molar-refractivity contribution is -0.123. The number of carbonyl (C=O) groups excluding carboxylic acids is 1. The Hall–Kier alpha value is -2.14. The van der Waals surface area contributed by atoms with Crippen LogP contribution in [0.1, 0.15) is 44.2 Å².